The first-order valence-corrected chi connectivity index (χ1v) is 9.33. The maximum absolute atomic E-state index is 12.2. The molecule has 3 rings (SSSR count). The molecule has 1 N–H and O–H groups in total. The molecule has 6 nitrogen and oxygen atoms in total. The summed E-state index contributed by atoms with van der Waals surface area (Å²) in [4.78, 5) is 22.8. The number of nitrogens with zero attached hydrogens (tertiary/aromatic N) is 2. The molecule has 1 aliphatic carbocycles. The Hall–Kier alpha value is -2.86. The Bertz CT molecular complexity index is 954. The molecule has 0 saturated heterocycles. The van der Waals surface area contributed by atoms with Gasteiger partial charge in [0.05, 0.1) is 5.71 Å². The molecule has 0 atom stereocenters. The summed E-state index contributed by atoms with van der Waals surface area (Å²) in [5, 5.41) is 11.6. The van der Waals surface area contributed by atoms with Crippen LogP contribution in [0.1, 0.15) is 34.2 Å². The summed E-state index contributed by atoms with van der Waals surface area (Å²) in [5.74, 6) is -0.334. The van der Waals surface area contributed by atoms with Crippen molar-refractivity contribution in [2.75, 3.05) is 14.2 Å². The number of carbonyl (C=O) groups is 1. The van der Waals surface area contributed by atoms with E-state index in [4.69, 9.17) is 21.3 Å². The van der Waals surface area contributed by atoms with Crippen molar-refractivity contribution in [2.45, 2.75) is 26.4 Å². The van der Waals surface area contributed by atoms with Gasteiger partial charge in [-0.1, -0.05) is 52.2 Å². The van der Waals surface area contributed by atoms with Crippen molar-refractivity contribution in [1.82, 2.24) is 5.32 Å². The van der Waals surface area contributed by atoms with Gasteiger partial charge in [-0.25, -0.2) is 0 Å². The fourth-order valence-corrected chi connectivity index (χ4v) is 3.54. The van der Waals surface area contributed by atoms with Crippen molar-refractivity contribution in [1.29, 1.82) is 0 Å². The second kappa shape index (κ2) is 8.89. The lowest BCUT2D eigenvalue weighted by molar-refractivity contribution is -0.114. The van der Waals surface area contributed by atoms with E-state index in [9.17, 15) is 4.79 Å². The monoisotopic (exact) mass is 399 g/mol. The van der Waals surface area contributed by atoms with Gasteiger partial charge in [0, 0.05) is 28.8 Å². The zero-order valence-corrected chi connectivity index (χ0v) is 16.8. The predicted molar refractivity (Wildman–Crippen MR) is 110 cm³/mol. The summed E-state index contributed by atoms with van der Waals surface area (Å²) in [7, 11) is 2.96. The highest BCUT2D eigenvalue weighted by atomic mass is 35.5. The van der Waals surface area contributed by atoms with Crippen molar-refractivity contribution in [3.8, 4) is 0 Å². The van der Waals surface area contributed by atoms with Gasteiger partial charge < -0.3 is 15.0 Å². The van der Waals surface area contributed by atoms with Gasteiger partial charge in [-0.05, 0) is 37.0 Å². The highest BCUT2D eigenvalue weighted by Crippen LogP contribution is 2.29. The highest BCUT2D eigenvalue weighted by Gasteiger charge is 2.21. The van der Waals surface area contributed by atoms with E-state index in [0.29, 0.717) is 5.56 Å². The zero-order valence-electron chi connectivity index (χ0n) is 16.1. The van der Waals surface area contributed by atoms with Gasteiger partial charge in [-0.15, -0.1) is 0 Å². The number of amides is 1. The summed E-state index contributed by atoms with van der Waals surface area (Å²) in [6, 6.07) is 11.4. The van der Waals surface area contributed by atoms with E-state index >= 15 is 0 Å². The van der Waals surface area contributed by atoms with Crippen LogP contribution in [-0.2, 0) is 27.5 Å². The minimum Gasteiger partial charge on any atom is -0.398 e. The lowest BCUT2D eigenvalue weighted by atomic mass is 9.98. The van der Waals surface area contributed by atoms with Crippen LogP contribution < -0.4 is 5.32 Å². The number of hydrogen-bond donors (Lipinski definition) is 1. The van der Waals surface area contributed by atoms with Crippen LogP contribution >= 0.6 is 11.6 Å². The van der Waals surface area contributed by atoms with Crippen LogP contribution in [0.5, 0.6) is 0 Å². The van der Waals surface area contributed by atoms with E-state index in [1.165, 1.54) is 7.11 Å². The number of aryl methyl sites for hydroxylation is 1. The first-order chi connectivity index (χ1) is 13.6. The molecule has 0 fully saturated rings. The average molecular weight is 400 g/mol. The van der Waals surface area contributed by atoms with Crippen LogP contribution in [0, 0.1) is 6.92 Å². The first-order valence-electron chi connectivity index (χ1n) is 8.95. The summed E-state index contributed by atoms with van der Waals surface area (Å²) in [6.07, 6.45) is 1.64. The molecule has 0 spiro atoms. The van der Waals surface area contributed by atoms with Crippen molar-refractivity contribution in [3.05, 3.63) is 69.2 Å². The van der Waals surface area contributed by atoms with Gasteiger partial charge in [-0.3, -0.25) is 4.79 Å². The Morgan fingerprint density at radius 3 is 2.75 bits per heavy atom. The number of oxime groups is 2. The largest absolute Gasteiger partial charge is 0.398 e. The standard InChI is InChI=1S/C21H22ClN3O3/c1-13-6-4-8-16(20(25-27-3)21(26)23-2)17(13)12-28-24-19-11-10-14-15(19)7-5-9-18(14)22/h4-9H,10-12H2,1-3H3,(H,23,26)/b24-19+,25-20+. The van der Waals surface area contributed by atoms with Crippen molar-refractivity contribution in [3.63, 3.8) is 0 Å². The Balaban J connectivity index is 1.86. The maximum Gasteiger partial charge on any atom is 0.273 e. The number of likely N-dealkylation sites (N-methyl/N-ethyl adjacent to an activating group) is 1. The SMILES string of the molecule is CNC(=O)/C(=N/OC)c1cccc(C)c1CO/N=C1\CCc2c(Cl)cccc21. The predicted octanol–water partition coefficient (Wildman–Crippen LogP) is 3.61. The second-order valence-corrected chi connectivity index (χ2v) is 6.79. The minimum atomic E-state index is -0.334. The Labute approximate surface area is 169 Å². The third-order valence-electron chi connectivity index (χ3n) is 4.72. The highest BCUT2D eigenvalue weighted by molar-refractivity contribution is 6.45. The van der Waals surface area contributed by atoms with Crippen LogP contribution in [0.4, 0.5) is 0 Å². The quantitative estimate of drug-likeness (QED) is 0.595. The number of fused-ring (bicyclic) bond motifs is 1. The molecule has 0 heterocycles. The van der Waals surface area contributed by atoms with E-state index in [1.807, 2.05) is 43.3 Å². The fourth-order valence-electron chi connectivity index (χ4n) is 3.27. The molecule has 0 bridgehead atoms. The molecule has 0 saturated carbocycles. The number of hydrogen-bond acceptors (Lipinski definition) is 5. The molecule has 2 aromatic rings. The van der Waals surface area contributed by atoms with Crippen molar-refractivity contribution >= 4 is 28.9 Å². The maximum atomic E-state index is 12.2. The second-order valence-electron chi connectivity index (χ2n) is 6.38. The Kier molecular flexibility index (Phi) is 6.31. The molecular weight excluding hydrogens is 378 g/mol. The van der Waals surface area contributed by atoms with Crippen LogP contribution in [0.3, 0.4) is 0 Å². The zero-order chi connectivity index (χ0) is 20.1. The van der Waals surface area contributed by atoms with Crippen LogP contribution in [0.25, 0.3) is 0 Å². The number of nitrogens with one attached hydrogen (secondary N) is 1. The minimum absolute atomic E-state index is 0.193. The van der Waals surface area contributed by atoms with Crippen molar-refractivity contribution in [2.24, 2.45) is 10.3 Å². The molecule has 0 radical (unpaired) electrons. The normalized spacial score (nSPS) is 14.7. The number of rotatable bonds is 6. The number of halogens is 1. The topological polar surface area (TPSA) is 72.3 Å². The lowest BCUT2D eigenvalue weighted by Gasteiger charge is -2.13. The third-order valence-corrected chi connectivity index (χ3v) is 5.07. The lowest BCUT2D eigenvalue weighted by Crippen LogP contribution is -2.29. The summed E-state index contributed by atoms with van der Waals surface area (Å²) in [5.41, 5.74) is 5.66. The van der Waals surface area contributed by atoms with Gasteiger partial charge in [-0.2, -0.15) is 0 Å². The van der Waals surface area contributed by atoms with Crippen molar-refractivity contribution < 1.29 is 14.5 Å². The summed E-state index contributed by atoms with van der Waals surface area (Å²) >= 11 is 6.26. The Morgan fingerprint density at radius 2 is 2.00 bits per heavy atom. The van der Waals surface area contributed by atoms with Gasteiger partial charge in [0.1, 0.15) is 13.7 Å². The van der Waals surface area contributed by atoms with Gasteiger partial charge in [0.25, 0.3) is 5.91 Å². The number of benzene rings is 2. The van der Waals surface area contributed by atoms with E-state index in [2.05, 4.69) is 15.6 Å². The van der Waals surface area contributed by atoms with Crippen LogP contribution in [0.2, 0.25) is 5.02 Å². The number of carbonyl (C=O) groups excluding carboxylic acids is 1. The Morgan fingerprint density at radius 1 is 1.21 bits per heavy atom. The average Bonchev–Trinajstić information content (AvgIpc) is 3.11. The molecular formula is C21H22ClN3O3. The molecule has 2 aromatic carbocycles. The molecule has 1 amide bonds. The molecule has 0 aromatic heterocycles. The molecule has 7 heteroatoms. The molecule has 146 valence electrons. The van der Waals surface area contributed by atoms with E-state index < -0.39 is 0 Å². The van der Waals surface area contributed by atoms with Crippen LogP contribution in [-0.4, -0.2) is 31.5 Å². The fraction of sp³-hybridized carbons (Fsp3) is 0.286. The van der Waals surface area contributed by atoms with Gasteiger partial charge in [0.2, 0.25) is 0 Å². The first kappa shape index (κ1) is 19.9. The van der Waals surface area contributed by atoms with E-state index in [1.54, 1.807) is 7.05 Å². The summed E-state index contributed by atoms with van der Waals surface area (Å²) in [6.45, 7) is 2.16. The van der Waals surface area contributed by atoms with E-state index in [-0.39, 0.29) is 18.2 Å². The molecule has 0 unspecified atom stereocenters. The van der Waals surface area contributed by atoms with Crippen LogP contribution in [0.15, 0.2) is 46.7 Å². The molecule has 28 heavy (non-hydrogen) atoms. The third kappa shape index (κ3) is 4.02. The smallest absolute Gasteiger partial charge is 0.273 e. The molecule has 0 aliphatic heterocycles. The van der Waals surface area contributed by atoms with E-state index in [0.717, 1.165) is 45.8 Å². The summed E-state index contributed by atoms with van der Waals surface area (Å²) < 4.78 is 0. The van der Waals surface area contributed by atoms with Gasteiger partial charge >= 0.3 is 0 Å². The van der Waals surface area contributed by atoms with Gasteiger partial charge in [0.15, 0.2) is 5.71 Å². The molecule has 1 aliphatic rings.